The zero-order valence-corrected chi connectivity index (χ0v) is 46.3. The largest absolute Gasteiger partial charge is 0.493 e. The molecule has 2 aromatic carbocycles. The number of fused-ring (bicyclic) bond motifs is 2. The fourth-order valence-corrected chi connectivity index (χ4v) is 9.25. The number of aliphatic carboxylic acids is 1. The van der Waals surface area contributed by atoms with E-state index in [4.69, 9.17) is 34.3 Å². The van der Waals surface area contributed by atoms with Crippen LogP contribution in [0.5, 0.6) is 17.2 Å². The summed E-state index contributed by atoms with van der Waals surface area (Å²) in [6.07, 6.45) is -8.75. The summed E-state index contributed by atoms with van der Waals surface area (Å²) in [5.74, 6) is 0.745. The fraction of sp³-hybridized carbons (Fsp3) is 0.472. The Bertz CT molecular complexity index is 3040. The van der Waals surface area contributed by atoms with Crippen LogP contribution in [0, 0.1) is 0 Å². The molecule has 0 radical (unpaired) electrons. The summed E-state index contributed by atoms with van der Waals surface area (Å²) in [6.45, 7) is 4.83. The van der Waals surface area contributed by atoms with Crippen molar-refractivity contribution in [2.24, 2.45) is 20.0 Å². The number of carboxylic acid groups (broad SMARTS) is 1. The fourth-order valence-electron chi connectivity index (χ4n) is 9.25. The quantitative estimate of drug-likeness (QED) is 0.0218. The predicted molar refractivity (Wildman–Crippen MR) is 290 cm³/mol. The Labute approximate surface area is 475 Å². The highest BCUT2D eigenvalue weighted by atomic mass is 16.7. The van der Waals surface area contributed by atoms with E-state index in [2.05, 4.69) is 37.7 Å². The van der Waals surface area contributed by atoms with E-state index in [1.807, 2.05) is 19.0 Å². The number of carbonyl (C=O) groups excluding carboxylic acids is 6. The van der Waals surface area contributed by atoms with Gasteiger partial charge in [0.25, 0.3) is 23.6 Å². The van der Waals surface area contributed by atoms with Crippen molar-refractivity contribution < 1.29 is 92.4 Å². The number of ether oxygens (including phenoxy) is 6. The molecular weight excluding hydrogens is 1090 g/mol. The molecule has 450 valence electrons. The first-order valence-corrected chi connectivity index (χ1v) is 26.2. The van der Waals surface area contributed by atoms with Crippen molar-refractivity contribution in [3.63, 3.8) is 0 Å². The average molecular weight is 1160 g/mol. The van der Waals surface area contributed by atoms with Gasteiger partial charge in [0.2, 0.25) is 18.0 Å². The van der Waals surface area contributed by atoms with E-state index in [0.717, 1.165) is 17.9 Å². The maximum atomic E-state index is 14.4. The van der Waals surface area contributed by atoms with Gasteiger partial charge >= 0.3 is 12.1 Å². The third-order valence-corrected chi connectivity index (χ3v) is 13.4. The molecule has 6 amide bonds. The summed E-state index contributed by atoms with van der Waals surface area (Å²) in [5.41, 5.74) is 0.857. The van der Waals surface area contributed by atoms with Crippen molar-refractivity contribution in [3.8, 4) is 17.2 Å². The Hall–Kier alpha value is -8.20. The summed E-state index contributed by atoms with van der Waals surface area (Å²) in [6, 6.07) is 7.02. The molecule has 1 unspecified atom stereocenters. The molecule has 0 aliphatic carbocycles. The highest BCUT2D eigenvalue weighted by Gasteiger charge is 2.49. The van der Waals surface area contributed by atoms with Crippen LogP contribution in [0.3, 0.4) is 0 Å². The molecule has 7 atom stereocenters. The molecule has 4 aromatic rings. The first-order valence-electron chi connectivity index (χ1n) is 26.2. The Morgan fingerprint density at radius 3 is 2.34 bits per heavy atom. The summed E-state index contributed by atoms with van der Waals surface area (Å²) in [4.78, 5) is 106. The summed E-state index contributed by atoms with van der Waals surface area (Å²) in [7, 11) is 8.46. The smallest absolute Gasteiger partial charge is 0.416 e. The van der Waals surface area contributed by atoms with Crippen molar-refractivity contribution in [3.05, 3.63) is 89.2 Å². The SMILES string of the molecule is C=C1C[C@H]2C(O)N(C(=O)OCc3ccc(O[C@@H]4O[C@H](C(=O)O)[C@@H](O)[C@H](O)[C@H]4O)c(C(=O)NCCOCCON)c3)c3cc(OCCCC(=O)Nc4cc(C(=O)Nc5cn(C)c(C(=O)NCCCN(C)C)n5)n(C)c4)c(OC)cc3C(=O)N2C1. The van der Waals surface area contributed by atoms with Crippen LogP contribution >= 0.6 is 0 Å². The summed E-state index contributed by atoms with van der Waals surface area (Å²) >= 11 is 0. The third-order valence-electron chi connectivity index (χ3n) is 13.4. The van der Waals surface area contributed by atoms with E-state index < -0.39 is 85.3 Å². The molecule has 5 heterocycles. The molecule has 30 heteroatoms. The lowest BCUT2D eigenvalue weighted by Crippen LogP contribution is -2.61. The Kier molecular flexibility index (Phi) is 21.2. The number of carboxylic acids is 1. The lowest BCUT2D eigenvalue weighted by molar-refractivity contribution is -0.271. The van der Waals surface area contributed by atoms with Gasteiger partial charge in [-0.25, -0.2) is 25.4 Å². The third kappa shape index (κ3) is 15.3. The predicted octanol–water partition coefficient (Wildman–Crippen LogP) is -0.348. The number of benzene rings is 2. The van der Waals surface area contributed by atoms with E-state index in [9.17, 15) is 59.1 Å². The molecule has 3 aliphatic rings. The lowest BCUT2D eigenvalue weighted by Gasteiger charge is -2.38. The second kappa shape index (κ2) is 28.2. The van der Waals surface area contributed by atoms with E-state index in [0.29, 0.717) is 17.8 Å². The first-order chi connectivity index (χ1) is 39.6. The van der Waals surface area contributed by atoms with Crippen molar-refractivity contribution in [1.29, 1.82) is 0 Å². The number of aliphatic hydroxyl groups is 4. The minimum atomic E-state index is -2.02. The van der Waals surface area contributed by atoms with E-state index in [-0.39, 0.29) is 122 Å². The van der Waals surface area contributed by atoms with E-state index >= 15 is 0 Å². The highest BCUT2D eigenvalue weighted by molar-refractivity contribution is 6.07. The van der Waals surface area contributed by atoms with Crippen LogP contribution in [0.15, 0.2) is 60.9 Å². The molecule has 0 spiro atoms. The zero-order chi connectivity index (χ0) is 60.2. The van der Waals surface area contributed by atoms with Crippen molar-refractivity contribution in [2.75, 3.05) is 89.3 Å². The van der Waals surface area contributed by atoms with Crippen molar-refractivity contribution in [1.82, 2.24) is 34.6 Å². The van der Waals surface area contributed by atoms with Gasteiger partial charge in [-0.05, 0) is 69.7 Å². The molecule has 83 heavy (non-hydrogen) atoms. The van der Waals surface area contributed by atoms with E-state index in [1.54, 1.807) is 20.3 Å². The van der Waals surface area contributed by atoms with Crippen molar-refractivity contribution >= 4 is 58.8 Å². The number of carbonyl (C=O) groups is 7. The zero-order valence-electron chi connectivity index (χ0n) is 46.3. The molecule has 11 N–H and O–H groups in total. The number of aryl methyl sites for hydroxylation is 2. The molecule has 30 nitrogen and oxygen atoms in total. The molecule has 2 aromatic heterocycles. The molecule has 0 saturated carbocycles. The van der Waals surface area contributed by atoms with Crippen LogP contribution in [-0.4, -0.2) is 208 Å². The minimum absolute atomic E-state index is 0.0144. The Morgan fingerprint density at radius 2 is 1.61 bits per heavy atom. The number of anilines is 3. The number of amides is 6. The number of nitrogens with two attached hydrogens (primary N) is 1. The molecular formula is C53H69N11O19. The number of nitrogens with one attached hydrogen (secondary N) is 4. The molecule has 2 saturated heterocycles. The number of imidazole rings is 1. The molecule has 7 rings (SSSR count). The van der Waals surface area contributed by atoms with E-state index in [1.165, 1.54) is 63.7 Å². The highest BCUT2D eigenvalue weighted by Crippen LogP contribution is 2.42. The number of aromatic nitrogens is 3. The summed E-state index contributed by atoms with van der Waals surface area (Å²) in [5, 5.41) is 63.7. The van der Waals surface area contributed by atoms with Gasteiger partial charge in [0.05, 0.1) is 62.1 Å². The van der Waals surface area contributed by atoms with Crippen LogP contribution in [0.25, 0.3) is 0 Å². The number of methoxy groups -OCH3 is 1. The topological polar surface area (TPSA) is 392 Å². The normalized spacial score (nSPS) is 20.3. The van der Waals surface area contributed by atoms with Crippen LogP contribution in [0.1, 0.15) is 73.1 Å². The minimum Gasteiger partial charge on any atom is -0.493 e. The number of hydrogen-bond donors (Lipinski definition) is 10. The van der Waals surface area contributed by atoms with Gasteiger partial charge in [-0.2, -0.15) is 0 Å². The lowest BCUT2D eigenvalue weighted by atomic mass is 9.99. The van der Waals surface area contributed by atoms with Crippen molar-refractivity contribution in [2.45, 2.75) is 75.3 Å². The van der Waals surface area contributed by atoms with Gasteiger partial charge in [-0.3, -0.25) is 24.0 Å². The molecule has 2 fully saturated rings. The Morgan fingerprint density at radius 1 is 0.855 bits per heavy atom. The van der Waals surface area contributed by atoms with Gasteiger partial charge < -0.3 is 99.0 Å². The van der Waals surface area contributed by atoms with Crippen LogP contribution < -0.4 is 46.3 Å². The second-order valence-corrected chi connectivity index (χ2v) is 19.9. The number of nitrogens with zero attached hydrogens (tertiary/aromatic N) is 6. The maximum absolute atomic E-state index is 14.4. The van der Waals surface area contributed by atoms with Crippen LogP contribution in [0.4, 0.5) is 22.0 Å². The van der Waals surface area contributed by atoms with Gasteiger partial charge in [0.1, 0.15) is 36.4 Å². The maximum Gasteiger partial charge on any atom is 0.416 e. The molecule has 3 aliphatic heterocycles. The number of hydrogen-bond acceptors (Lipinski definition) is 21. The summed E-state index contributed by atoms with van der Waals surface area (Å²) < 4.78 is 36.8. The number of rotatable bonds is 26. The standard InChI is InChI=1S/C53H69N11O19/c1-28-19-35-50(73)64(53(76)80-27-29-10-11-36(32(20-29)46(69)56-13-16-78-17-18-81-54)82-52-43(68)41(66)42(67)44(83-52)51(74)75)33-23-38(37(77-6)22-31(33)49(72)63(35)24-28)79-15-7-9-40(65)57-30-21-34(61(4)25-30)47(70)59-39-26-62(5)45(58-39)48(71)55-12-8-14-60(2)3/h10-11,20-23,25-26,35,41-44,50,52,66-68,73H,1,7-9,12-19,24,27,54H2,2-6H3,(H,55,71)(H,56,69)(H,57,65)(H,59,70)(H,74,75)/t35-,41-,42-,43+,44-,50?,52+/m0/s1. The Balaban J connectivity index is 1.02. The average Bonchev–Trinajstić information content (AvgIpc) is 2.64. The van der Waals surface area contributed by atoms with Crippen LogP contribution in [0.2, 0.25) is 0 Å². The van der Waals surface area contributed by atoms with Gasteiger partial charge in [0, 0.05) is 58.6 Å². The monoisotopic (exact) mass is 1160 g/mol. The second-order valence-electron chi connectivity index (χ2n) is 19.9. The number of aliphatic hydroxyl groups excluding tert-OH is 4. The van der Waals surface area contributed by atoms with Gasteiger partial charge in [-0.15, -0.1) is 0 Å². The van der Waals surface area contributed by atoms with Gasteiger partial charge in [0.15, 0.2) is 29.6 Å². The molecule has 0 bridgehead atoms. The first kappa shape index (κ1) is 62.4. The van der Waals surface area contributed by atoms with Gasteiger partial charge in [-0.1, -0.05) is 18.2 Å². The van der Waals surface area contributed by atoms with Crippen LogP contribution in [-0.2, 0) is 49.3 Å².